The van der Waals surface area contributed by atoms with E-state index in [9.17, 15) is 0 Å². The molecule has 3 nitrogen and oxygen atoms in total. The van der Waals surface area contributed by atoms with Crippen LogP contribution in [0.4, 0.5) is 0 Å². The van der Waals surface area contributed by atoms with Crippen LogP contribution in [0, 0.1) is 13.8 Å². The monoisotopic (exact) mass is 229 g/mol. The molecule has 1 aromatic carbocycles. The average Bonchev–Trinajstić information content (AvgIpc) is 2.78. The summed E-state index contributed by atoms with van der Waals surface area (Å²) in [6.07, 6.45) is 3.60. The third-order valence-electron chi connectivity index (χ3n) is 2.34. The normalized spacial score (nSPS) is 11.6. The van der Waals surface area contributed by atoms with Gasteiger partial charge in [0.05, 0.1) is 0 Å². The molecule has 0 bridgehead atoms. The van der Waals surface area contributed by atoms with Crippen molar-refractivity contribution in [1.29, 1.82) is 0 Å². The van der Waals surface area contributed by atoms with Gasteiger partial charge in [-0.2, -0.15) is 0 Å². The lowest BCUT2D eigenvalue weighted by atomic mass is 10.2. The molecule has 3 rings (SSSR count). The molecular formula is C14H15NO2. The summed E-state index contributed by atoms with van der Waals surface area (Å²) in [6, 6.07) is 9.86. The van der Waals surface area contributed by atoms with Crippen LogP contribution < -0.4 is 9.47 Å². The first-order valence-corrected chi connectivity index (χ1v) is 5.48. The highest BCUT2D eigenvalue weighted by Crippen LogP contribution is 2.31. The standard InChI is InChI=1S/C8H8O2.C6H7N/c1-6-2-3-7-8(4-6)10-5-9-7;1-6-3-2-4-7-5-6/h2-4H,5H2,1H3;2-5H,1H3. The summed E-state index contributed by atoms with van der Waals surface area (Å²) in [5.74, 6) is 1.71. The van der Waals surface area contributed by atoms with Crippen LogP contribution in [0.15, 0.2) is 42.7 Å². The van der Waals surface area contributed by atoms with E-state index >= 15 is 0 Å². The highest BCUT2D eigenvalue weighted by atomic mass is 16.7. The first-order chi connectivity index (χ1) is 8.25. The van der Waals surface area contributed by atoms with Crippen molar-refractivity contribution in [2.75, 3.05) is 6.79 Å². The summed E-state index contributed by atoms with van der Waals surface area (Å²) in [7, 11) is 0. The van der Waals surface area contributed by atoms with Crippen molar-refractivity contribution in [3.63, 3.8) is 0 Å². The quantitative estimate of drug-likeness (QED) is 0.695. The fraction of sp³-hybridized carbons (Fsp3) is 0.214. The number of aryl methyl sites for hydroxylation is 2. The molecule has 2 heterocycles. The molecule has 2 aromatic rings. The smallest absolute Gasteiger partial charge is 0.231 e. The summed E-state index contributed by atoms with van der Waals surface area (Å²) in [4.78, 5) is 3.88. The number of hydrogen-bond donors (Lipinski definition) is 0. The van der Waals surface area contributed by atoms with Gasteiger partial charge in [0, 0.05) is 12.4 Å². The van der Waals surface area contributed by atoms with Gasteiger partial charge in [-0.15, -0.1) is 0 Å². The van der Waals surface area contributed by atoms with Crippen LogP contribution in [-0.4, -0.2) is 11.8 Å². The van der Waals surface area contributed by atoms with Gasteiger partial charge < -0.3 is 9.47 Å². The Bertz CT molecular complexity index is 483. The van der Waals surface area contributed by atoms with Gasteiger partial charge in [-0.3, -0.25) is 4.98 Å². The second-order valence-electron chi connectivity index (χ2n) is 3.89. The third-order valence-corrected chi connectivity index (χ3v) is 2.34. The number of rotatable bonds is 0. The maximum atomic E-state index is 5.16. The summed E-state index contributed by atoms with van der Waals surface area (Å²) < 4.78 is 10.3. The lowest BCUT2D eigenvalue weighted by molar-refractivity contribution is 0.174. The molecule has 0 unspecified atom stereocenters. The fourth-order valence-corrected chi connectivity index (χ4v) is 1.45. The molecule has 0 saturated carbocycles. The molecule has 0 N–H and O–H groups in total. The maximum absolute atomic E-state index is 5.16. The number of hydrogen-bond acceptors (Lipinski definition) is 3. The lowest BCUT2D eigenvalue weighted by Crippen LogP contribution is -1.92. The van der Waals surface area contributed by atoms with Gasteiger partial charge in [-0.1, -0.05) is 12.1 Å². The Kier molecular flexibility index (Phi) is 3.60. The topological polar surface area (TPSA) is 31.4 Å². The van der Waals surface area contributed by atoms with Crippen LogP contribution in [-0.2, 0) is 0 Å². The number of ether oxygens (including phenoxy) is 2. The van der Waals surface area contributed by atoms with Crippen molar-refractivity contribution in [2.45, 2.75) is 13.8 Å². The number of nitrogens with zero attached hydrogens (tertiary/aromatic N) is 1. The molecule has 88 valence electrons. The van der Waals surface area contributed by atoms with Gasteiger partial charge in [0.2, 0.25) is 6.79 Å². The molecule has 1 aliphatic rings. The summed E-state index contributed by atoms with van der Waals surface area (Å²) in [5.41, 5.74) is 2.41. The highest BCUT2D eigenvalue weighted by Gasteiger charge is 2.11. The summed E-state index contributed by atoms with van der Waals surface area (Å²) in [6.45, 7) is 4.41. The van der Waals surface area contributed by atoms with Gasteiger partial charge in [-0.05, 0) is 43.2 Å². The number of benzene rings is 1. The van der Waals surface area contributed by atoms with Crippen LogP contribution in [0.3, 0.4) is 0 Å². The second-order valence-corrected chi connectivity index (χ2v) is 3.89. The van der Waals surface area contributed by atoms with E-state index in [1.807, 2.05) is 50.4 Å². The van der Waals surface area contributed by atoms with Gasteiger partial charge in [0.25, 0.3) is 0 Å². The van der Waals surface area contributed by atoms with Gasteiger partial charge >= 0.3 is 0 Å². The maximum Gasteiger partial charge on any atom is 0.231 e. The van der Waals surface area contributed by atoms with Crippen molar-refractivity contribution in [1.82, 2.24) is 4.98 Å². The Labute approximate surface area is 101 Å². The summed E-state index contributed by atoms with van der Waals surface area (Å²) >= 11 is 0. The molecule has 1 aromatic heterocycles. The van der Waals surface area contributed by atoms with E-state index in [1.54, 1.807) is 6.20 Å². The molecule has 0 spiro atoms. The van der Waals surface area contributed by atoms with Gasteiger partial charge in [0.1, 0.15) is 0 Å². The molecule has 3 heteroatoms. The zero-order chi connectivity index (χ0) is 12.1. The number of fused-ring (bicyclic) bond motifs is 1. The Morgan fingerprint density at radius 2 is 1.82 bits per heavy atom. The molecule has 0 amide bonds. The lowest BCUT2D eigenvalue weighted by Gasteiger charge is -1.94. The highest BCUT2D eigenvalue weighted by molar-refractivity contribution is 5.43. The number of aromatic nitrogens is 1. The summed E-state index contributed by atoms with van der Waals surface area (Å²) in [5, 5.41) is 0. The average molecular weight is 229 g/mol. The molecule has 1 aliphatic heterocycles. The Balaban J connectivity index is 0.000000136. The second kappa shape index (κ2) is 5.34. The Morgan fingerprint density at radius 3 is 2.47 bits per heavy atom. The molecule has 0 fully saturated rings. The van der Waals surface area contributed by atoms with E-state index in [4.69, 9.17) is 9.47 Å². The minimum atomic E-state index is 0.360. The van der Waals surface area contributed by atoms with Crippen molar-refractivity contribution < 1.29 is 9.47 Å². The van der Waals surface area contributed by atoms with E-state index in [-0.39, 0.29) is 0 Å². The van der Waals surface area contributed by atoms with E-state index in [0.717, 1.165) is 11.5 Å². The minimum absolute atomic E-state index is 0.360. The Morgan fingerprint density at radius 1 is 1.00 bits per heavy atom. The molecule has 0 radical (unpaired) electrons. The van der Waals surface area contributed by atoms with Crippen molar-refractivity contribution in [2.24, 2.45) is 0 Å². The van der Waals surface area contributed by atoms with Crippen LogP contribution in [0.1, 0.15) is 11.1 Å². The van der Waals surface area contributed by atoms with Crippen LogP contribution >= 0.6 is 0 Å². The van der Waals surface area contributed by atoms with Crippen LogP contribution in [0.2, 0.25) is 0 Å². The van der Waals surface area contributed by atoms with Gasteiger partial charge in [0.15, 0.2) is 11.5 Å². The van der Waals surface area contributed by atoms with Gasteiger partial charge in [-0.25, -0.2) is 0 Å². The molecule has 0 atom stereocenters. The SMILES string of the molecule is Cc1ccc2c(c1)OCO2.Cc1cccnc1. The molecule has 0 saturated heterocycles. The zero-order valence-corrected chi connectivity index (χ0v) is 10.0. The predicted octanol–water partition coefficient (Wildman–Crippen LogP) is 3.11. The van der Waals surface area contributed by atoms with E-state index in [0.29, 0.717) is 6.79 Å². The largest absolute Gasteiger partial charge is 0.454 e. The van der Waals surface area contributed by atoms with E-state index < -0.39 is 0 Å². The van der Waals surface area contributed by atoms with E-state index in [2.05, 4.69) is 4.98 Å². The first-order valence-electron chi connectivity index (χ1n) is 5.48. The van der Waals surface area contributed by atoms with Crippen LogP contribution in [0.25, 0.3) is 0 Å². The molecule has 17 heavy (non-hydrogen) atoms. The van der Waals surface area contributed by atoms with Crippen LogP contribution in [0.5, 0.6) is 11.5 Å². The van der Waals surface area contributed by atoms with Crippen molar-refractivity contribution in [3.05, 3.63) is 53.9 Å². The van der Waals surface area contributed by atoms with Crippen molar-refractivity contribution in [3.8, 4) is 11.5 Å². The van der Waals surface area contributed by atoms with Crippen molar-refractivity contribution >= 4 is 0 Å². The molecular weight excluding hydrogens is 214 g/mol. The predicted molar refractivity (Wildman–Crippen MR) is 66.3 cm³/mol. The Hall–Kier alpha value is -2.03. The van der Waals surface area contributed by atoms with E-state index in [1.165, 1.54) is 11.1 Å². The fourth-order valence-electron chi connectivity index (χ4n) is 1.45. The number of pyridine rings is 1. The molecule has 0 aliphatic carbocycles. The zero-order valence-electron chi connectivity index (χ0n) is 10.0. The minimum Gasteiger partial charge on any atom is -0.454 e. The third kappa shape index (κ3) is 3.21. The first kappa shape index (κ1) is 11.5.